The summed E-state index contributed by atoms with van der Waals surface area (Å²) in [4.78, 5) is 40.2. The topological polar surface area (TPSA) is 162 Å². The van der Waals surface area contributed by atoms with Crippen LogP contribution in [0, 0.1) is 13.8 Å². The van der Waals surface area contributed by atoms with Gasteiger partial charge in [0.15, 0.2) is 0 Å². The molecule has 0 fully saturated rings. The molecule has 0 atom stereocenters. The van der Waals surface area contributed by atoms with Gasteiger partial charge < -0.3 is 24.2 Å². The van der Waals surface area contributed by atoms with E-state index in [1.807, 2.05) is 60.7 Å². The number of nitrogens with one attached hydrogen (secondary N) is 2. The van der Waals surface area contributed by atoms with Crippen LogP contribution in [0.3, 0.4) is 0 Å². The number of aromatic nitrogens is 1. The monoisotopic (exact) mass is 672 g/mol. The van der Waals surface area contributed by atoms with E-state index in [2.05, 4.69) is 25.2 Å². The fourth-order valence-electron chi connectivity index (χ4n) is 4.34. The number of oxime groups is 1. The number of amides is 1. The molecule has 48 heavy (non-hydrogen) atoms. The number of aliphatic imine (C=N–C) groups is 2. The second-order valence-corrected chi connectivity index (χ2v) is 11.9. The van der Waals surface area contributed by atoms with Gasteiger partial charge in [-0.05, 0) is 73.1 Å². The van der Waals surface area contributed by atoms with Crippen molar-refractivity contribution in [2.45, 2.75) is 25.3 Å². The van der Waals surface area contributed by atoms with E-state index in [0.717, 1.165) is 5.56 Å². The molecule has 1 heterocycles. The summed E-state index contributed by atoms with van der Waals surface area (Å²) in [7, 11) is -1.08. The molecule has 3 aromatic carbocycles. The van der Waals surface area contributed by atoms with Gasteiger partial charge in [-0.3, -0.25) is 14.3 Å². The SMILES string of the molecule is CO/C(=N\C(=NOCCNC(=O)Cn1c(C)ccc(NS(=O)(=O)c2cccc(C)c2)c1=O)/N=C(\OC)c1ccccc1)c1ccccc1. The molecule has 0 radical (unpaired) electrons. The minimum absolute atomic E-state index is 0.0194. The first-order valence-corrected chi connectivity index (χ1v) is 16.2. The van der Waals surface area contributed by atoms with E-state index in [-0.39, 0.29) is 48.0 Å². The Bertz CT molecular complexity index is 1920. The lowest BCUT2D eigenvalue weighted by atomic mass is 10.2. The van der Waals surface area contributed by atoms with Crippen LogP contribution in [0.4, 0.5) is 5.69 Å². The Labute approximate surface area is 278 Å². The normalized spacial score (nSPS) is 11.8. The molecule has 13 nitrogen and oxygen atoms in total. The highest BCUT2D eigenvalue weighted by Crippen LogP contribution is 2.15. The Morgan fingerprint density at radius 3 is 1.98 bits per heavy atom. The lowest BCUT2D eigenvalue weighted by molar-refractivity contribution is -0.122. The van der Waals surface area contributed by atoms with Gasteiger partial charge in [0, 0.05) is 16.8 Å². The van der Waals surface area contributed by atoms with E-state index in [0.29, 0.717) is 16.8 Å². The van der Waals surface area contributed by atoms with Gasteiger partial charge in [-0.1, -0.05) is 48.5 Å². The first-order chi connectivity index (χ1) is 23.1. The number of carbonyl (C=O) groups is 1. The van der Waals surface area contributed by atoms with E-state index in [4.69, 9.17) is 14.3 Å². The van der Waals surface area contributed by atoms with Crippen LogP contribution in [0.25, 0.3) is 0 Å². The van der Waals surface area contributed by atoms with Crippen molar-refractivity contribution >= 4 is 39.4 Å². The summed E-state index contributed by atoms with van der Waals surface area (Å²) in [6, 6.07) is 27.6. The molecule has 0 spiro atoms. The van der Waals surface area contributed by atoms with E-state index < -0.39 is 21.5 Å². The Morgan fingerprint density at radius 2 is 1.42 bits per heavy atom. The van der Waals surface area contributed by atoms with Gasteiger partial charge in [0.1, 0.15) is 18.8 Å². The van der Waals surface area contributed by atoms with Crippen molar-refractivity contribution in [3.63, 3.8) is 0 Å². The molecule has 2 N–H and O–H groups in total. The largest absolute Gasteiger partial charge is 0.480 e. The Kier molecular flexibility index (Phi) is 12.2. The van der Waals surface area contributed by atoms with Gasteiger partial charge in [0.05, 0.1) is 25.7 Å². The molecule has 0 unspecified atom stereocenters. The number of rotatable bonds is 11. The minimum atomic E-state index is -4.02. The van der Waals surface area contributed by atoms with Crippen molar-refractivity contribution in [1.82, 2.24) is 9.88 Å². The van der Waals surface area contributed by atoms with Crippen molar-refractivity contribution in [1.29, 1.82) is 0 Å². The van der Waals surface area contributed by atoms with Crippen LogP contribution < -0.4 is 15.6 Å². The van der Waals surface area contributed by atoms with Crippen molar-refractivity contribution in [2.24, 2.45) is 15.1 Å². The zero-order valence-electron chi connectivity index (χ0n) is 26.9. The second kappa shape index (κ2) is 16.7. The summed E-state index contributed by atoms with van der Waals surface area (Å²) in [6.45, 7) is 3.02. The first-order valence-electron chi connectivity index (χ1n) is 14.7. The first kappa shape index (κ1) is 35.1. The predicted octanol–water partition coefficient (Wildman–Crippen LogP) is 3.86. The highest BCUT2D eigenvalue weighted by molar-refractivity contribution is 7.92. The second-order valence-electron chi connectivity index (χ2n) is 10.3. The number of guanidine groups is 1. The van der Waals surface area contributed by atoms with Gasteiger partial charge in [0.2, 0.25) is 17.7 Å². The van der Waals surface area contributed by atoms with Gasteiger partial charge in [-0.15, -0.1) is 0 Å². The van der Waals surface area contributed by atoms with Gasteiger partial charge in [0.25, 0.3) is 21.5 Å². The van der Waals surface area contributed by atoms with Crippen LogP contribution in [0.1, 0.15) is 22.4 Å². The van der Waals surface area contributed by atoms with Crippen molar-refractivity contribution in [2.75, 3.05) is 32.1 Å². The van der Waals surface area contributed by atoms with Crippen LogP contribution in [-0.4, -0.2) is 64.0 Å². The lowest BCUT2D eigenvalue weighted by Gasteiger charge is -2.13. The molecule has 4 rings (SSSR count). The van der Waals surface area contributed by atoms with Gasteiger partial charge >= 0.3 is 0 Å². The predicted molar refractivity (Wildman–Crippen MR) is 184 cm³/mol. The fraction of sp³-hybridized carbons (Fsp3) is 0.206. The maximum Gasteiger partial charge on any atom is 0.292 e. The van der Waals surface area contributed by atoms with Crippen molar-refractivity contribution < 1.29 is 27.5 Å². The summed E-state index contributed by atoms with van der Waals surface area (Å²) in [5, 5.41) is 6.71. The molecule has 0 aliphatic heterocycles. The molecule has 14 heteroatoms. The number of anilines is 1. The molecule has 4 aromatic rings. The molecule has 0 aliphatic rings. The maximum absolute atomic E-state index is 13.2. The summed E-state index contributed by atoms with van der Waals surface area (Å²) in [5.74, 6) is -0.125. The molecular weight excluding hydrogens is 636 g/mol. The number of carbonyl (C=O) groups excluding carboxylic acids is 1. The Morgan fingerprint density at radius 1 is 0.812 bits per heavy atom. The highest BCUT2D eigenvalue weighted by atomic mass is 32.2. The maximum atomic E-state index is 13.2. The quantitative estimate of drug-likeness (QED) is 0.106. The molecule has 0 saturated carbocycles. The van der Waals surface area contributed by atoms with Crippen LogP contribution in [-0.2, 0) is 35.7 Å². The minimum Gasteiger partial charge on any atom is -0.480 e. The van der Waals surface area contributed by atoms with Crippen LogP contribution in [0.2, 0.25) is 0 Å². The standard InChI is InChI=1S/C34H36N6O7S/c1-24-12-11-17-28(22-24)48(43,44)39-29-19-18-25(2)40(33(29)42)23-30(41)35-20-21-47-38-34(36-31(45-3)26-13-7-5-8-14-26)37-32(46-4)27-15-9-6-10-16-27/h5-19,22,39H,20-21,23H2,1-4H3,(H,35,41)/b36-31-,37-32-. The molecular formula is C34H36N6O7S. The number of hydrogen-bond donors (Lipinski definition) is 2. The third-order valence-corrected chi connectivity index (χ3v) is 8.09. The van der Waals surface area contributed by atoms with Crippen molar-refractivity contribution in [3.05, 3.63) is 130 Å². The number of benzene rings is 3. The van der Waals surface area contributed by atoms with E-state index in [1.165, 1.54) is 37.0 Å². The van der Waals surface area contributed by atoms with E-state index in [1.54, 1.807) is 32.0 Å². The molecule has 0 saturated heterocycles. The Balaban J connectivity index is 1.44. The number of ether oxygens (including phenoxy) is 2. The number of sulfonamides is 1. The molecule has 0 bridgehead atoms. The smallest absolute Gasteiger partial charge is 0.292 e. The van der Waals surface area contributed by atoms with Gasteiger partial charge in [-0.25, -0.2) is 8.42 Å². The summed E-state index contributed by atoms with van der Waals surface area (Å²) >= 11 is 0. The third-order valence-electron chi connectivity index (χ3n) is 6.73. The van der Waals surface area contributed by atoms with Crippen molar-refractivity contribution in [3.8, 4) is 0 Å². The third kappa shape index (κ3) is 9.62. The molecule has 1 aromatic heterocycles. The molecule has 250 valence electrons. The summed E-state index contributed by atoms with van der Waals surface area (Å²) in [5.41, 5.74) is 1.74. The lowest BCUT2D eigenvalue weighted by Crippen LogP contribution is -2.35. The van der Waals surface area contributed by atoms with Crippen LogP contribution in [0.15, 0.2) is 122 Å². The fourth-order valence-corrected chi connectivity index (χ4v) is 5.50. The number of hydrogen-bond acceptors (Lipinski definition) is 8. The number of methoxy groups -OCH3 is 2. The number of nitrogens with zero attached hydrogens (tertiary/aromatic N) is 4. The summed E-state index contributed by atoms with van der Waals surface area (Å²) < 4.78 is 40.2. The average molecular weight is 673 g/mol. The van der Waals surface area contributed by atoms with Crippen LogP contribution >= 0.6 is 0 Å². The summed E-state index contributed by atoms with van der Waals surface area (Å²) in [6.07, 6.45) is 0. The highest BCUT2D eigenvalue weighted by Gasteiger charge is 2.18. The Hall–Kier alpha value is -5.76. The average Bonchev–Trinajstić information content (AvgIpc) is 3.09. The molecule has 0 aliphatic carbocycles. The zero-order chi connectivity index (χ0) is 34.5. The van der Waals surface area contributed by atoms with Crippen LogP contribution in [0.5, 0.6) is 0 Å². The van der Waals surface area contributed by atoms with E-state index >= 15 is 0 Å². The van der Waals surface area contributed by atoms with Gasteiger partial charge in [-0.2, -0.15) is 9.98 Å². The molecule has 1 amide bonds. The zero-order valence-corrected chi connectivity index (χ0v) is 27.7. The number of aryl methyl sites for hydroxylation is 2. The van der Waals surface area contributed by atoms with E-state index in [9.17, 15) is 18.0 Å². The number of pyridine rings is 1.